The van der Waals surface area contributed by atoms with Gasteiger partial charge in [0, 0.05) is 11.8 Å². The van der Waals surface area contributed by atoms with Crippen LogP contribution in [0.3, 0.4) is 0 Å². The Morgan fingerprint density at radius 1 is 1.37 bits per heavy atom. The third-order valence-electron chi connectivity index (χ3n) is 3.73. The molecule has 0 spiro atoms. The molecule has 0 aromatic heterocycles. The number of aliphatic hydroxyl groups is 1. The van der Waals surface area contributed by atoms with Crippen LogP contribution in [0.15, 0.2) is 24.3 Å². The van der Waals surface area contributed by atoms with Crippen molar-refractivity contribution in [2.75, 3.05) is 6.61 Å². The molecule has 0 heterocycles. The summed E-state index contributed by atoms with van der Waals surface area (Å²) in [5.41, 5.74) is 1.34. The number of hydrogen-bond donors (Lipinski definition) is 1. The predicted octanol–water partition coefficient (Wildman–Crippen LogP) is 3.07. The second-order valence-corrected chi connectivity index (χ2v) is 5.66. The molecule has 0 amide bonds. The summed E-state index contributed by atoms with van der Waals surface area (Å²) in [5, 5.41) is 18.0. The van der Waals surface area contributed by atoms with Gasteiger partial charge in [-0.15, -0.1) is 0 Å². The smallest absolute Gasteiger partial charge is 0.119 e. The molecule has 3 heteroatoms. The van der Waals surface area contributed by atoms with E-state index in [0.717, 1.165) is 31.4 Å². The first-order valence-corrected chi connectivity index (χ1v) is 6.90. The van der Waals surface area contributed by atoms with E-state index in [1.807, 2.05) is 31.2 Å². The molecule has 3 nitrogen and oxygen atoms in total. The number of ether oxygens (including phenoxy) is 1. The van der Waals surface area contributed by atoms with Gasteiger partial charge in [0.15, 0.2) is 0 Å². The van der Waals surface area contributed by atoms with Crippen LogP contribution in [0, 0.1) is 16.7 Å². The van der Waals surface area contributed by atoms with E-state index in [4.69, 9.17) is 10.00 Å². The fraction of sp³-hybridized carbons (Fsp3) is 0.562. The van der Waals surface area contributed by atoms with Gasteiger partial charge in [0.05, 0.1) is 18.8 Å². The van der Waals surface area contributed by atoms with Crippen molar-refractivity contribution in [2.45, 2.75) is 45.1 Å². The summed E-state index contributed by atoms with van der Waals surface area (Å²) >= 11 is 0. The summed E-state index contributed by atoms with van der Waals surface area (Å²) in [4.78, 5) is 0. The fourth-order valence-electron chi connectivity index (χ4n) is 2.08. The van der Waals surface area contributed by atoms with Crippen LogP contribution < -0.4 is 4.74 Å². The molecule has 1 aromatic rings. The lowest BCUT2D eigenvalue weighted by molar-refractivity contribution is 0.185. The quantitative estimate of drug-likeness (QED) is 0.818. The largest absolute Gasteiger partial charge is 0.493 e. The zero-order chi connectivity index (χ0) is 13.7. The number of aryl methyl sites for hydroxylation is 1. The van der Waals surface area contributed by atoms with E-state index in [1.54, 1.807) is 0 Å². The van der Waals surface area contributed by atoms with Crippen LogP contribution in [-0.4, -0.2) is 17.8 Å². The molecule has 1 saturated carbocycles. The highest BCUT2D eigenvalue weighted by Gasteiger charge is 2.43. The fourth-order valence-corrected chi connectivity index (χ4v) is 2.08. The number of aliphatic hydroxyl groups excluding tert-OH is 1. The van der Waals surface area contributed by atoms with Crippen molar-refractivity contribution in [3.8, 4) is 11.8 Å². The molecular weight excluding hydrogens is 238 g/mol. The molecule has 0 saturated heterocycles. The first kappa shape index (κ1) is 13.9. The average Bonchev–Trinajstić information content (AvgIpc) is 3.16. The molecule has 2 rings (SSSR count). The zero-order valence-corrected chi connectivity index (χ0v) is 11.4. The molecule has 1 atom stereocenters. The van der Waals surface area contributed by atoms with Crippen molar-refractivity contribution in [3.05, 3.63) is 29.8 Å². The maximum atomic E-state index is 9.25. The molecule has 1 unspecified atom stereocenters. The summed E-state index contributed by atoms with van der Waals surface area (Å²) in [7, 11) is 0. The van der Waals surface area contributed by atoms with Crippen molar-refractivity contribution in [3.63, 3.8) is 0 Å². The first-order chi connectivity index (χ1) is 9.13. The SMILES string of the molecule is CC(O)CCc1ccc(OCC2(CC#N)CC2)cc1. The van der Waals surface area contributed by atoms with E-state index in [9.17, 15) is 5.11 Å². The monoisotopic (exact) mass is 259 g/mol. The van der Waals surface area contributed by atoms with E-state index in [-0.39, 0.29) is 11.5 Å². The Morgan fingerprint density at radius 3 is 2.58 bits per heavy atom. The number of hydrogen-bond acceptors (Lipinski definition) is 3. The average molecular weight is 259 g/mol. The highest BCUT2D eigenvalue weighted by atomic mass is 16.5. The van der Waals surface area contributed by atoms with Crippen LogP contribution in [0.25, 0.3) is 0 Å². The molecule has 102 valence electrons. The summed E-state index contributed by atoms with van der Waals surface area (Å²) in [6.45, 7) is 2.45. The van der Waals surface area contributed by atoms with Gasteiger partial charge in [-0.05, 0) is 50.3 Å². The van der Waals surface area contributed by atoms with Crippen molar-refractivity contribution in [1.29, 1.82) is 5.26 Å². The lowest BCUT2D eigenvalue weighted by Crippen LogP contribution is -2.12. The second kappa shape index (κ2) is 6.08. The van der Waals surface area contributed by atoms with Crippen molar-refractivity contribution in [2.24, 2.45) is 5.41 Å². The highest BCUT2D eigenvalue weighted by molar-refractivity contribution is 5.27. The maximum absolute atomic E-state index is 9.25. The minimum Gasteiger partial charge on any atom is -0.493 e. The van der Waals surface area contributed by atoms with Crippen molar-refractivity contribution < 1.29 is 9.84 Å². The van der Waals surface area contributed by atoms with E-state index < -0.39 is 0 Å². The molecule has 1 aliphatic carbocycles. The predicted molar refractivity (Wildman–Crippen MR) is 73.8 cm³/mol. The van der Waals surface area contributed by atoms with Gasteiger partial charge >= 0.3 is 0 Å². The van der Waals surface area contributed by atoms with Crippen LogP contribution in [0.5, 0.6) is 5.75 Å². The van der Waals surface area contributed by atoms with Crippen LogP contribution in [0.4, 0.5) is 0 Å². The van der Waals surface area contributed by atoms with E-state index in [1.165, 1.54) is 5.56 Å². The van der Waals surface area contributed by atoms with Crippen molar-refractivity contribution in [1.82, 2.24) is 0 Å². The normalized spacial score (nSPS) is 17.5. The Labute approximate surface area is 114 Å². The summed E-state index contributed by atoms with van der Waals surface area (Å²) in [6.07, 6.45) is 4.22. The van der Waals surface area contributed by atoms with Gasteiger partial charge in [-0.3, -0.25) is 0 Å². The molecule has 0 bridgehead atoms. The Morgan fingerprint density at radius 2 is 2.05 bits per heavy atom. The number of nitrogens with zero attached hydrogens (tertiary/aromatic N) is 1. The number of rotatable bonds is 7. The van der Waals surface area contributed by atoms with E-state index in [2.05, 4.69) is 6.07 Å². The Kier molecular flexibility index (Phi) is 4.44. The number of nitriles is 1. The van der Waals surface area contributed by atoms with E-state index in [0.29, 0.717) is 13.0 Å². The Hall–Kier alpha value is -1.53. The summed E-state index contributed by atoms with van der Waals surface area (Å²) < 4.78 is 5.77. The first-order valence-electron chi connectivity index (χ1n) is 6.90. The zero-order valence-electron chi connectivity index (χ0n) is 11.4. The van der Waals surface area contributed by atoms with Gasteiger partial charge in [0.25, 0.3) is 0 Å². The van der Waals surface area contributed by atoms with Gasteiger partial charge < -0.3 is 9.84 Å². The molecule has 1 aromatic carbocycles. The molecule has 0 radical (unpaired) electrons. The van der Waals surface area contributed by atoms with Gasteiger partial charge in [0.1, 0.15) is 5.75 Å². The molecule has 0 aliphatic heterocycles. The lowest BCUT2D eigenvalue weighted by atomic mass is 10.1. The Bertz CT molecular complexity index is 441. The molecule has 19 heavy (non-hydrogen) atoms. The molecular formula is C16H21NO2. The van der Waals surface area contributed by atoms with Gasteiger partial charge in [-0.25, -0.2) is 0 Å². The van der Waals surface area contributed by atoms with Crippen LogP contribution in [-0.2, 0) is 6.42 Å². The maximum Gasteiger partial charge on any atom is 0.119 e. The third-order valence-corrected chi connectivity index (χ3v) is 3.73. The topological polar surface area (TPSA) is 53.2 Å². The van der Waals surface area contributed by atoms with Crippen molar-refractivity contribution >= 4 is 0 Å². The van der Waals surface area contributed by atoms with Gasteiger partial charge in [-0.1, -0.05) is 12.1 Å². The van der Waals surface area contributed by atoms with E-state index >= 15 is 0 Å². The summed E-state index contributed by atoms with van der Waals surface area (Å²) in [5.74, 6) is 0.866. The van der Waals surface area contributed by atoms with Gasteiger partial charge in [0.2, 0.25) is 0 Å². The van der Waals surface area contributed by atoms with Crippen LogP contribution in [0.1, 0.15) is 38.2 Å². The summed E-state index contributed by atoms with van der Waals surface area (Å²) in [6, 6.07) is 10.3. The molecule has 1 fully saturated rings. The minimum atomic E-state index is -0.253. The van der Waals surface area contributed by atoms with Gasteiger partial charge in [-0.2, -0.15) is 5.26 Å². The molecule has 1 N–H and O–H groups in total. The lowest BCUT2D eigenvalue weighted by Gasteiger charge is -2.13. The molecule has 1 aliphatic rings. The standard InChI is InChI=1S/C16H21NO2/c1-13(18)2-3-14-4-6-15(7-5-14)19-12-16(8-9-16)10-11-17/h4-7,13,18H,2-3,8-10,12H2,1H3. The second-order valence-electron chi connectivity index (χ2n) is 5.66. The number of benzene rings is 1. The third kappa shape index (κ3) is 4.25. The van der Waals surface area contributed by atoms with Crippen LogP contribution >= 0.6 is 0 Å². The highest BCUT2D eigenvalue weighted by Crippen LogP contribution is 2.48. The van der Waals surface area contributed by atoms with Crippen LogP contribution in [0.2, 0.25) is 0 Å². The minimum absolute atomic E-state index is 0.125. The Balaban J connectivity index is 1.80.